The largest absolute Gasteiger partial charge is 0.326 e. The molecule has 104 valence electrons. The molecule has 0 amide bonds. The number of rotatable bonds is 7. The average Bonchev–Trinajstić information content (AvgIpc) is 2.36. The molecule has 0 fully saturated rings. The Balaban J connectivity index is 2.95. The van der Waals surface area contributed by atoms with Crippen LogP contribution in [0.4, 0.5) is 0 Å². The van der Waals surface area contributed by atoms with Gasteiger partial charge >= 0.3 is 0 Å². The molecule has 0 spiro atoms. The molecule has 4 nitrogen and oxygen atoms in total. The Kier molecular flexibility index (Phi) is 6.48. The standard InChI is InChI=1S/C15H24N4/c1-12(2)11-19(10-6-8-16)15(13(3)17)14-7-4-5-9-18-14/h4-5,7,9,12-13,15H,6,10-11,17H2,1-3H3. The second kappa shape index (κ2) is 7.88. The van der Waals surface area contributed by atoms with Gasteiger partial charge in [-0.05, 0) is 25.0 Å². The van der Waals surface area contributed by atoms with Crippen LogP contribution in [-0.2, 0) is 0 Å². The molecule has 2 N–H and O–H groups in total. The third kappa shape index (κ3) is 4.98. The minimum atomic E-state index is -0.0210. The zero-order chi connectivity index (χ0) is 14.3. The summed E-state index contributed by atoms with van der Waals surface area (Å²) in [4.78, 5) is 6.71. The van der Waals surface area contributed by atoms with Crippen molar-refractivity contribution in [3.05, 3.63) is 30.1 Å². The second-order valence-electron chi connectivity index (χ2n) is 5.36. The van der Waals surface area contributed by atoms with Gasteiger partial charge < -0.3 is 5.73 Å². The highest BCUT2D eigenvalue weighted by atomic mass is 15.2. The zero-order valence-corrected chi connectivity index (χ0v) is 12.1. The summed E-state index contributed by atoms with van der Waals surface area (Å²) >= 11 is 0. The van der Waals surface area contributed by atoms with Crippen molar-refractivity contribution in [3.63, 3.8) is 0 Å². The van der Waals surface area contributed by atoms with Crippen LogP contribution in [0.5, 0.6) is 0 Å². The summed E-state index contributed by atoms with van der Waals surface area (Å²) in [6.45, 7) is 8.01. The first-order chi connectivity index (χ1) is 9.06. The molecule has 1 heterocycles. The van der Waals surface area contributed by atoms with E-state index in [0.717, 1.165) is 18.8 Å². The van der Waals surface area contributed by atoms with Gasteiger partial charge in [0, 0.05) is 31.7 Å². The van der Waals surface area contributed by atoms with Crippen LogP contribution in [0, 0.1) is 17.2 Å². The summed E-state index contributed by atoms with van der Waals surface area (Å²) in [6, 6.07) is 8.16. The minimum absolute atomic E-state index is 0.0210. The highest BCUT2D eigenvalue weighted by molar-refractivity contribution is 5.11. The van der Waals surface area contributed by atoms with Crippen molar-refractivity contribution in [3.8, 4) is 6.07 Å². The van der Waals surface area contributed by atoms with Crippen molar-refractivity contribution in [1.29, 1.82) is 5.26 Å². The molecule has 0 saturated carbocycles. The Hall–Kier alpha value is -1.44. The van der Waals surface area contributed by atoms with Gasteiger partial charge in [-0.2, -0.15) is 5.26 Å². The summed E-state index contributed by atoms with van der Waals surface area (Å²) < 4.78 is 0. The zero-order valence-electron chi connectivity index (χ0n) is 12.1. The molecular weight excluding hydrogens is 236 g/mol. The quantitative estimate of drug-likeness (QED) is 0.817. The number of hydrogen-bond acceptors (Lipinski definition) is 4. The molecule has 0 aliphatic rings. The fourth-order valence-corrected chi connectivity index (χ4v) is 2.35. The lowest BCUT2D eigenvalue weighted by Gasteiger charge is -2.34. The van der Waals surface area contributed by atoms with E-state index in [9.17, 15) is 0 Å². The number of nitriles is 1. The maximum absolute atomic E-state index is 8.82. The van der Waals surface area contributed by atoms with Gasteiger partial charge in [-0.15, -0.1) is 0 Å². The molecular formula is C15H24N4. The van der Waals surface area contributed by atoms with Crippen LogP contribution in [0.3, 0.4) is 0 Å². The molecule has 0 aromatic carbocycles. The van der Waals surface area contributed by atoms with Crippen LogP contribution < -0.4 is 5.73 Å². The number of aromatic nitrogens is 1. The molecule has 4 heteroatoms. The topological polar surface area (TPSA) is 65.9 Å². The van der Waals surface area contributed by atoms with Crippen LogP contribution in [-0.4, -0.2) is 29.0 Å². The van der Waals surface area contributed by atoms with Crippen LogP contribution in [0.25, 0.3) is 0 Å². The Morgan fingerprint density at radius 2 is 2.11 bits per heavy atom. The van der Waals surface area contributed by atoms with Crippen molar-refractivity contribution in [2.24, 2.45) is 11.7 Å². The predicted molar refractivity (Wildman–Crippen MR) is 77.3 cm³/mol. The summed E-state index contributed by atoms with van der Waals surface area (Å²) in [6.07, 6.45) is 2.31. The van der Waals surface area contributed by atoms with Crippen molar-refractivity contribution >= 4 is 0 Å². The lowest BCUT2D eigenvalue weighted by molar-refractivity contribution is 0.157. The molecule has 0 radical (unpaired) electrons. The van der Waals surface area contributed by atoms with Crippen molar-refractivity contribution in [1.82, 2.24) is 9.88 Å². The van der Waals surface area contributed by atoms with E-state index in [2.05, 4.69) is 29.8 Å². The van der Waals surface area contributed by atoms with Gasteiger partial charge in [0.15, 0.2) is 0 Å². The van der Waals surface area contributed by atoms with Crippen LogP contribution in [0.15, 0.2) is 24.4 Å². The molecule has 19 heavy (non-hydrogen) atoms. The molecule has 0 aliphatic heterocycles. The van der Waals surface area contributed by atoms with E-state index in [0.29, 0.717) is 12.3 Å². The lowest BCUT2D eigenvalue weighted by atomic mass is 10.0. The highest BCUT2D eigenvalue weighted by Gasteiger charge is 2.25. The van der Waals surface area contributed by atoms with Gasteiger partial charge in [0.25, 0.3) is 0 Å². The molecule has 0 aliphatic carbocycles. The van der Waals surface area contributed by atoms with Gasteiger partial charge in [0.2, 0.25) is 0 Å². The Morgan fingerprint density at radius 3 is 2.58 bits per heavy atom. The smallest absolute Gasteiger partial charge is 0.0671 e. The van der Waals surface area contributed by atoms with E-state index in [1.165, 1.54) is 0 Å². The van der Waals surface area contributed by atoms with Gasteiger partial charge in [-0.25, -0.2) is 0 Å². The number of hydrogen-bond donors (Lipinski definition) is 1. The van der Waals surface area contributed by atoms with Gasteiger partial charge in [-0.1, -0.05) is 19.9 Å². The highest BCUT2D eigenvalue weighted by Crippen LogP contribution is 2.23. The normalized spacial score (nSPS) is 14.4. The SMILES string of the molecule is CC(C)CN(CCC#N)C(c1ccccn1)C(C)N. The lowest BCUT2D eigenvalue weighted by Crippen LogP contribution is -2.42. The first-order valence-corrected chi connectivity index (χ1v) is 6.83. The number of pyridine rings is 1. The second-order valence-corrected chi connectivity index (χ2v) is 5.36. The molecule has 0 saturated heterocycles. The van der Waals surface area contributed by atoms with E-state index < -0.39 is 0 Å². The summed E-state index contributed by atoms with van der Waals surface area (Å²) in [5.41, 5.74) is 7.13. The van der Waals surface area contributed by atoms with Gasteiger partial charge in [0.1, 0.15) is 0 Å². The van der Waals surface area contributed by atoms with Crippen molar-refractivity contribution < 1.29 is 0 Å². The average molecular weight is 260 g/mol. The fourth-order valence-electron chi connectivity index (χ4n) is 2.35. The van der Waals surface area contributed by atoms with E-state index in [4.69, 9.17) is 11.0 Å². The van der Waals surface area contributed by atoms with E-state index in [1.54, 1.807) is 6.20 Å². The maximum atomic E-state index is 8.82. The minimum Gasteiger partial charge on any atom is -0.326 e. The molecule has 2 atom stereocenters. The van der Waals surface area contributed by atoms with Crippen LogP contribution in [0.2, 0.25) is 0 Å². The Labute approximate surface area is 116 Å². The Bertz CT molecular complexity index is 394. The third-order valence-corrected chi connectivity index (χ3v) is 2.99. The van der Waals surface area contributed by atoms with E-state index in [-0.39, 0.29) is 12.1 Å². The molecule has 1 aromatic rings. The van der Waals surface area contributed by atoms with Crippen LogP contribution in [0.1, 0.15) is 38.9 Å². The molecule has 0 bridgehead atoms. The van der Waals surface area contributed by atoms with Crippen molar-refractivity contribution in [2.45, 2.75) is 39.3 Å². The predicted octanol–water partition coefficient (Wildman–Crippen LogP) is 2.34. The fraction of sp³-hybridized carbons (Fsp3) is 0.600. The Morgan fingerprint density at radius 1 is 1.37 bits per heavy atom. The van der Waals surface area contributed by atoms with Crippen molar-refractivity contribution in [2.75, 3.05) is 13.1 Å². The van der Waals surface area contributed by atoms with E-state index in [1.807, 2.05) is 25.1 Å². The summed E-state index contributed by atoms with van der Waals surface area (Å²) in [5, 5.41) is 8.82. The monoisotopic (exact) mass is 260 g/mol. The van der Waals surface area contributed by atoms with Gasteiger partial charge in [-0.3, -0.25) is 9.88 Å². The summed E-state index contributed by atoms with van der Waals surface area (Å²) in [7, 11) is 0. The number of nitrogens with two attached hydrogens (primary N) is 1. The third-order valence-electron chi connectivity index (χ3n) is 2.99. The van der Waals surface area contributed by atoms with Crippen LogP contribution >= 0.6 is 0 Å². The van der Waals surface area contributed by atoms with E-state index >= 15 is 0 Å². The number of nitrogens with zero attached hydrogens (tertiary/aromatic N) is 3. The maximum Gasteiger partial charge on any atom is 0.0671 e. The first kappa shape index (κ1) is 15.6. The first-order valence-electron chi connectivity index (χ1n) is 6.83. The molecule has 1 rings (SSSR count). The molecule has 2 unspecified atom stereocenters. The van der Waals surface area contributed by atoms with Gasteiger partial charge in [0.05, 0.1) is 17.8 Å². The molecule has 1 aromatic heterocycles. The summed E-state index contributed by atoms with van der Waals surface area (Å²) in [5.74, 6) is 0.531.